The first-order chi connectivity index (χ1) is 6.43. The van der Waals surface area contributed by atoms with Crippen molar-refractivity contribution in [1.82, 2.24) is 0 Å². The van der Waals surface area contributed by atoms with Gasteiger partial charge < -0.3 is 10.2 Å². The van der Waals surface area contributed by atoms with Crippen molar-refractivity contribution in [3.63, 3.8) is 0 Å². The minimum atomic E-state index is -5.75. The van der Waals surface area contributed by atoms with Gasteiger partial charge in [0.25, 0.3) is 0 Å². The van der Waals surface area contributed by atoms with E-state index in [1.807, 2.05) is 0 Å². The Morgan fingerprint density at radius 1 is 1.13 bits per heavy atom. The molecule has 0 aromatic rings. The predicted octanol–water partition coefficient (Wildman–Crippen LogP) is -0.340. The van der Waals surface area contributed by atoms with Gasteiger partial charge >= 0.3 is 12.1 Å². The van der Waals surface area contributed by atoms with E-state index in [4.69, 9.17) is 10.2 Å². The quantitative estimate of drug-likeness (QED) is 0.581. The second-order valence-corrected chi connectivity index (χ2v) is 5.15. The van der Waals surface area contributed by atoms with Crippen molar-refractivity contribution in [2.75, 3.05) is 0 Å². The molecular formula is C5H5F5O4S. The van der Waals surface area contributed by atoms with Crippen molar-refractivity contribution in [1.29, 1.82) is 0 Å². The second-order valence-electron chi connectivity index (χ2n) is 3.02. The Labute approximate surface area is 80.2 Å². The normalized spacial score (nSPS) is 39.3. The first-order valence-corrected chi connectivity index (χ1v) is 5.07. The van der Waals surface area contributed by atoms with Crippen LogP contribution in [-0.4, -0.2) is 47.5 Å². The average Bonchev–Trinajstić information content (AvgIpc) is 2.06. The zero-order valence-electron chi connectivity index (χ0n) is 6.74. The lowest BCUT2D eigenvalue weighted by molar-refractivity contribution is -0.205. The summed E-state index contributed by atoms with van der Waals surface area (Å²) in [7, 11) is -5.55. The lowest BCUT2D eigenvalue weighted by atomic mass is 10.1. The van der Waals surface area contributed by atoms with Crippen LogP contribution in [0.15, 0.2) is 0 Å². The highest BCUT2D eigenvalue weighted by Crippen LogP contribution is 2.47. The summed E-state index contributed by atoms with van der Waals surface area (Å²) in [6, 6.07) is 0. The summed E-state index contributed by atoms with van der Waals surface area (Å²) in [5.41, 5.74) is -3.13. The number of hydrogen-bond donors (Lipinski definition) is 2. The Bertz CT molecular complexity index is 360. The Balaban J connectivity index is 3.37. The average molecular weight is 256 g/mol. The van der Waals surface area contributed by atoms with E-state index in [1.165, 1.54) is 0 Å². The van der Waals surface area contributed by atoms with Gasteiger partial charge in [0.2, 0.25) is 5.25 Å². The van der Waals surface area contributed by atoms with E-state index in [0.29, 0.717) is 0 Å². The second kappa shape index (κ2) is 3.01. The van der Waals surface area contributed by atoms with E-state index in [9.17, 15) is 30.4 Å². The molecule has 1 fully saturated rings. The highest BCUT2D eigenvalue weighted by Gasteiger charge is 2.75. The third-order valence-corrected chi connectivity index (χ3v) is 4.15. The standard InChI is InChI=1S/C5H5F5O4S/c6-4(7)1(11)2(12)15(13,14)3(4)5(8,9)10/h1-3,11-12H. The summed E-state index contributed by atoms with van der Waals surface area (Å²) in [6.45, 7) is 0. The van der Waals surface area contributed by atoms with Gasteiger partial charge in [-0.2, -0.15) is 13.2 Å². The first kappa shape index (κ1) is 12.6. The molecule has 1 saturated heterocycles. The van der Waals surface area contributed by atoms with E-state index in [0.717, 1.165) is 0 Å². The number of alkyl halides is 5. The van der Waals surface area contributed by atoms with Crippen LogP contribution < -0.4 is 0 Å². The van der Waals surface area contributed by atoms with Gasteiger partial charge in [0.15, 0.2) is 21.4 Å². The van der Waals surface area contributed by atoms with Crippen molar-refractivity contribution < 1.29 is 40.6 Å². The minimum absolute atomic E-state index is 3.13. The fourth-order valence-corrected chi connectivity index (χ4v) is 3.06. The molecule has 0 saturated carbocycles. The van der Waals surface area contributed by atoms with E-state index in [-0.39, 0.29) is 0 Å². The molecule has 90 valence electrons. The Morgan fingerprint density at radius 3 is 1.67 bits per heavy atom. The Hall–Kier alpha value is -0.480. The molecule has 0 aromatic heterocycles. The molecule has 0 aliphatic carbocycles. The van der Waals surface area contributed by atoms with Crippen LogP contribution in [0.1, 0.15) is 0 Å². The molecule has 0 aromatic carbocycles. The van der Waals surface area contributed by atoms with Gasteiger partial charge in [0, 0.05) is 0 Å². The van der Waals surface area contributed by atoms with Crippen molar-refractivity contribution in [3.8, 4) is 0 Å². The zero-order chi connectivity index (χ0) is 12.2. The van der Waals surface area contributed by atoms with E-state index in [1.54, 1.807) is 0 Å². The summed E-state index contributed by atoms with van der Waals surface area (Å²) in [5.74, 6) is -4.95. The number of sulfone groups is 1. The Kier molecular flexibility index (Phi) is 2.53. The van der Waals surface area contributed by atoms with Gasteiger partial charge in [-0.05, 0) is 0 Å². The molecule has 1 aliphatic rings. The lowest BCUT2D eigenvalue weighted by Crippen LogP contribution is -2.48. The highest BCUT2D eigenvalue weighted by molar-refractivity contribution is 7.93. The molecule has 15 heavy (non-hydrogen) atoms. The van der Waals surface area contributed by atoms with Crippen LogP contribution in [0.2, 0.25) is 0 Å². The molecule has 1 heterocycles. The van der Waals surface area contributed by atoms with Crippen LogP contribution in [0.5, 0.6) is 0 Å². The summed E-state index contributed by atoms with van der Waals surface area (Å²) in [5, 5.41) is 13.0. The molecule has 10 heteroatoms. The van der Waals surface area contributed by atoms with Gasteiger partial charge in [0.1, 0.15) is 0 Å². The molecular weight excluding hydrogens is 251 g/mol. The van der Waals surface area contributed by atoms with Crippen LogP contribution in [0.25, 0.3) is 0 Å². The third-order valence-electron chi connectivity index (χ3n) is 1.98. The summed E-state index contributed by atoms with van der Waals surface area (Å²) in [6.07, 6.45) is -9.02. The first-order valence-electron chi connectivity index (χ1n) is 3.47. The highest BCUT2D eigenvalue weighted by atomic mass is 32.2. The van der Waals surface area contributed by atoms with Crippen molar-refractivity contribution in [3.05, 3.63) is 0 Å². The molecule has 0 spiro atoms. The molecule has 1 rings (SSSR count). The van der Waals surface area contributed by atoms with Crippen molar-refractivity contribution in [2.24, 2.45) is 0 Å². The SMILES string of the molecule is O=S1(=O)C(O)C(O)C(F)(F)C1C(F)(F)F. The molecule has 4 nitrogen and oxygen atoms in total. The molecule has 0 amide bonds. The molecule has 1 aliphatic heterocycles. The van der Waals surface area contributed by atoms with E-state index < -0.39 is 38.7 Å². The number of aliphatic hydroxyl groups excluding tert-OH is 2. The summed E-state index contributed by atoms with van der Waals surface area (Å²) >= 11 is 0. The van der Waals surface area contributed by atoms with Crippen molar-refractivity contribution >= 4 is 9.84 Å². The number of hydrogen-bond acceptors (Lipinski definition) is 4. The summed E-state index contributed by atoms with van der Waals surface area (Å²) in [4.78, 5) is 0. The van der Waals surface area contributed by atoms with Crippen LogP contribution in [0, 0.1) is 0 Å². The number of halogens is 5. The number of aliphatic hydroxyl groups is 2. The maximum Gasteiger partial charge on any atom is 0.411 e. The van der Waals surface area contributed by atoms with Gasteiger partial charge in [-0.25, -0.2) is 17.2 Å². The van der Waals surface area contributed by atoms with Gasteiger partial charge in [-0.15, -0.1) is 0 Å². The van der Waals surface area contributed by atoms with Crippen LogP contribution in [0.3, 0.4) is 0 Å². The van der Waals surface area contributed by atoms with Crippen LogP contribution in [-0.2, 0) is 9.84 Å². The molecule has 2 N–H and O–H groups in total. The zero-order valence-corrected chi connectivity index (χ0v) is 7.56. The van der Waals surface area contributed by atoms with Gasteiger partial charge in [-0.3, -0.25) is 0 Å². The maximum absolute atomic E-state index is 12.7. The van der Waals surface area contributed by atoms with Crippen LogP contribution >= 0.6 is 0 Å². The Morgan fingerprint density at radius 2 is 1.53 bits per heavy atom. The van der Waals surface area contributed by atoms with Crippen LogP contribution in [0.4, 0.5) is 22.0 Å². The van der Waals surface area contributed by atoms with Gasteiger partial charge in [-0.1, -0.05) is 0 Å². The maximum atomic E-state index is 12.7. The fourth-order valence-electron chi connectivity index (χ4n) is 1.29. The molecule has 0 bridgehead atoms. The monoisotopic (exact) mass is 256 g/mol. The summed E-state index contributed by atoms with van der Waals surface area (Å²) < 4.78 is 83.0. The van der Waals surface area contributed by atoms with E-state index in [2.05, 4.69) is 0 Å². The minimum Gasteiger partial charge on any atom is -0.383 e. The third kappa shape index (κ3) is 1.60. The fraction of sp³-hybridized carbons (Fsp3) is 1.00. The van der Waals surface area contributed by atoms with E-state index >= 15 is 0 Å². The molecule has 0 radical (unpaired) electrons. The smallest absolute Gasteiger partial charge is 0.383 e. The predicted molar refractivity (Wildman–Crippen MR) is 35.7 cm³/mol. The molecule has 3 unspecified atom stereocenters. The van der Waals surface area contributed by atoms with Gasteiger partial charge in [0.05, 0.1) is 0 Å². The number of rotatable bonds is 0. The topological polar surface area (TPSA) is 74.6 Å². The molecule has 3 atom stereocenters. The largest absolute Gasteiger partial charge is 0.411 e. The van der Waals surface area contributed by atoms with Crippen molar-refractivity contribution in [2.45, 2.75) is 28.9 Å². The lowest BCUT2D eigenvalue weighted by Gasteiger charge is -2.21.